The van der Waals surface area contributed by atoms with Gasteiger partial charge in [-0.15, -0.1) is 0 Å². The third-order valence-corrected chi connectivity index (χ3v) is 2.46. The first kappa shape index (κ1) is 10.4. The SMILES string of the molecule is CC(C)OC(=O)N1CCCC1(C)C. The Bertz CT molecular complexity index is 199. The first-order valence-corrected chi connectivity index (χ1v) is 4.92. The first-order valence-electron chi connectivity index (χ1n) is 4.92. The van der Waals surface area contributed by atoms with Crippen molar-refractivity contribution in [1.82, 2.24) is 4.90 Å². The van der Waals surface area contributed by atoms with E-state index < -0.39 is 0 Å². The summed E-state index contributed by atoms with van der Waals surface area (Å²) in [6, 6.07) is 0. The van der Waals surface area contributed by atoms with Gasteiger partial charge in [-0.2, -0.15) is 0 Å². The lowest BCUT2D eigenvalue weighted by Crippen LogP contribution is -2.43. The van der Waals surface area contributed by atoms with Crippen molar-refractivity contribution in [3.05, 3.63) is 0 Å². The van der Waals surface area contributed by atoms with Gasteiger partial charge in [0.1, 0.15) is 0 Å². The lowest BCUT2D eigenvalue weighted by Gasteiger charge is -2.31. The molecule has 76 valence electrons. The summed E-state index contributed by atoms with van der Waals surface area (Å²) in [4.78, 5) is 13.4. The number of hydrogen-bond donors (Lipinski definition) is 0. The molecule has 0 spiro atoms. The van der Waals surface area contributed by atoms with E-state index in [-0.39, 0.29) is 17.7 Å². The van der Waals surface area contributed by atoms with Crippen molar-refractivity contribution in [1.29, 1.82) is 0 Å². The summed E-state index contributed by atoms with van der Waals surface area (Å²) >= 11 is 0. The van der Waals surface area contributed by atoms with Crippen molar-refractivity contribution in [2.75, 3.05) is 6.54 Å². The van der Waals surface area contributed by atoms with Gasteiger partial charge in [0.25, 0.3) is 0 Å². The van der Waals surface area contributed by atoms with E-state index in [2.05, 4.69) is 13.8 Å². The molecule has 0 aliphatic carbocycles. The lowest BCUT2D eigenvalue weighted by molar-refractivity contribution is 0.0589. The molecule has 13 heavy (non-hydrogen) atoms. The van der Waals surface area contributed by atoms with Crippen LogP contribution in [0.1, 0.15) is 40.5 Å². The largest absolute Gasteiger partial charge is 0.447 e. The lowest BCUT2D eigenvalue weighted by atomic mass is 10.0. The molecule has 0 N–H and O–H groups in total. The van der Waals surface area contributed by atoms with E-state index in [0.717, 1.165) is 19.4 Å². The van der Waals surface area contributed by atoms with Crippen molar-refractivity contribution in [2.45, 2.75) is 52.2 Å². The van der Waals surface area contributed by atoms with Crippen LogP contribution >= 0.6 is 0 Å². The van der Waals surface area contributed by atoms with Crippen LogP contribution in [0.4, 0.5) is 4.79 Å². The fourth-order valence-corrected chi connectivity index (χ4v) is 1.71. The number of rotatable bonds is 1. The summed E-state index contributed by atoms with van der Waals surface area (Å²) in [5.74, 6) is 0. The molecular weight excluding hydrogens is 166 g/mol. The summed E-state index contributed by atoms with van der Waals surface area (Å²) in [7, 11) is 0. The first-order chi connectivity index (χ1) is 5.93. The molecule has 0 aromatic heterocycles. The minimum absolute atomic E-state index is 0.0219. The normalized spacial score (nSPS) is 20.8. The standard InChI is InChI=1S/C10H19NO2/c1-8(2)13-9(12)11-7-5-6-10(11,3)4/h8H,5-7H2,1-4H3. The second-order valence-corrected chi connectivity index (χ2v) is 4.50. The highest BCUT2D eigenvalue weighted by atomic mass is 16.6. The predicted octanol–water partition coefficient (Wildman–Crippen LogP) is 2.41. The molecule has 0 unspecified atom stereocenters. The Labute approximate surface area is 80.1 Å². The van der Waals surface area contributed by atoms with Crippen LogP contribution in [-0.4, -0.2) is 29.2 Å². The number of carbonyl (C=O) groups excluding carboxylic acids is 1. The van der Waals surface area contributed by atoms with Crippen LogP contribution in [0.5, 0.6) is 0 Å². The van der Waals surface area contributed by atoms with Gasteiger partial charge in [0.05, 0.1) is 6.10 Å². The molecule has 0 aromatic rings. The fourth-order valence-electron chi connectivity index (χ4n) is 1.71. The number of likely N-dealkylation sites (tertiary alicyclic amines) is 1. The Morgan fingerprint density at radius 1 is 1.46 bits per heavy atom. The highest BCUT2D eigenvalue weighted by molar-refractivity contribution is 5.69. The van der Waals surface area contributed by atoms with E-state index in [1.165, 1.54) is 0 Å². The molecule has 0 atom stereocenters. The van der Waals surface area contributed by atoms with Gasteiger partial charge in [-0.1, -0.05) is 0 Å². The highest BCUT2D eigenvalue weighted by Gasteiger charge is 2.36. The number of hydrogen-bond acceptors (Lipinski definition) is 2. The van der Waals surface area contributed by atoms with Crippen LogP contribution in [0.25, 0.3) is 0 Å². The summed E-state index contributed by atoms with van der Waals surface area (Å²) in [6.07, 6.45) is 1.96. The monoisotopic (exact) mass is 185 g/mol. The Morgan fingerprint density at radius 3 is 2.46 bits per heavy atom. The molecule has 3 nitrogen and oxygen atoms in total. The van der Waals surface area contributed by atoms with E-state index in [9.17, 15) is 4.79 Å². The van der Waals surface area contributed by atoms with Crippen molar-refractivity contribution in [3.8, 4) is 0 Å². The van der Waals surface area contributed by atoms with E-state index >= 15 is 0 Å². The van der Waals surface area contributed by atoms with Crippen LogP contribution in [-0.2, 0) is 4.74 Å². The maximum Gasteiger partial charge on any atom is 0.410 e. The van der Waals surface area contributed by atoms with Gasteiger partial charge >= 0.3 is 6.09 Å². The van der Waals surface area contributed by atoms with Crippen LogP contribution in [0, 0.1) is 0 Å². The molecule has 1 rings (SSSR count). The van der Waals surface area contributed by atoms with Crippen molar-refractivity contribution < 1.29 is 9.53 Å². The highest BCUT2D eigenvalue weighted by Crippen LogP contribution is 2.28. The minimum Gasteiger partial charge on any atom is -0.447 e. The fraction of sp³-hybridized carbons (Fsp3) is 0.900. The molecule has 3 heteroatoms. The molecule has 1 aliphatic heterocycles. The molecule has 0 aromatic carbocycles. The Balaban J connectivity index is 2.56. The van der Waals surface area contributed by atoms with Gasteiger partial charge in [0, 0.05) is 12.1 Å². The average molecular weight is 185 g/mol. The minimum atomic E-state index is -0.169. The maximum absolute atomic E-state index is 11.6. The van der Waals surface area contributed by atoms with Crippen LogP contribution < -0.4 is 0 Å². The number of nitrogens with zero attached hydrogens (tertiary/aromatic N) is 1. The van der Waals surface area contributed by atoms with E-state index in [0.29, 0.717) is 0 Å². The van der Waals surface area contributed by atoms with E-state index in [1.807, 2.05) is 18.7 Å². The van der Waals surface area contributed by atoms with Crippen LogP contribution in [0.3, 0.4) is 0 Å². The van der Waals surface area contributed by atoms with Gasteiger partial charge in [-0.25, -0.2) is 4.79 Å². The van der Waals surface area contributed by atoms with Gasteiger partial charge < -0.3 is 9.64 Å². The molecule has 0 bridgehead atoms. The van der Waals surface area contributed by atoms with Crippen molar-refractivity contribution in [2.24, 2.45) is 0 Å². The van der Waals surface area contributed by atoms with E-state index in [1.54, 1.807) is 0 Å². The molecule has 1 amide bonds. The zero-order valence-electron chi connectivity index (χ0n) is 8.96. The Morgan fingerprint density at radius 2 is 2.08 bits per heavy atom. The summed E-state index contributed by atoms with van der Waals surface area (Å²) in [5.41, 5.74) is -0.0219. The molecule has 0 radical (unpaired) electrons. The van der Waals surface area contributed by atoms with Gasteiger partial charge in [-0.3, -0.25) is 0 Å². The number of carbonyl (C=O) groups is 1. The number of amides is 1. The smallest absolute Gasteiger partial charge is 0.410 e. The van der Waals surface area contributed by atoms with Crippen molar-refractivity contribution >= 4 is 6.09 Å². The zero-order chi connectivity index (χ0) is 10.1. The quantitative estimate of drug-likeness (QED) is 0.627. The Hall–Kier alpha value is -0.730. The summed E-state index contributed by atoms with van der Waals surface area (Å²) in [6.45, 7) is 8.75. The molecule has 0 saturated carbocycles. The summed E-state index contributed by atoms with van der Waals surface area (Å²) in [5, 5.41) is 0. The van der Waals surface area contributed by atoms with Gasteiger partial charge in [0.15, 0.2) is 0 Å². The van der Waals surface area contributed by atoms with Crippen LogP contribution in [0.2, 0.25) is 0 Å². The molecular formula is C10H19NO2. The van der Waals surface area contributed by atoms with E-state index in [4.69, 9.17) is 4.74 Å². The second-order valence-electron chi connectivity index (χ2n) is 4.50. The summed E-state index contributed by atoms with van der Waals surface area (Å²) < 4.78 is 5.16. The zero-order valence-corrected chi connectivity index (χ0v) is 8.96. The number of ether oxygens (including phenoxy) is 1. The predicted molar refractivity (Wildman–Crippen MR) is 51.6 cm³/mol. The molecule has 1 heterocycles. The van der Waals surface area contributed by atoms with Gasteiger partial charge in [0.2, 0.25) is 0 Å². The van der Waals surface area contributed by atoms with Crippen LogP contribution in [0.15, 0.2) is 0 Å². The van der Waals surface area contributed by atoms with Gasteiger partial charge in [-0.05, 0) is 40.5 Å². The third-order valence-electron chi connectivity index (χ3n) is 2.46. The molecule has 1 aliphatic rings. The average Bonchev–Trinajstić information content (AvgIpc) is 2.27. The topological polar surface area (TPSA) is 29.5 Å². The molecule has 1 saturated heterocycles. The molecule has 1 fully saturated rings. The maximum atomic E-state index is 11.6. The Kier molecular flexibility index (Phi) is 2.84. The second kappa shape index (κ2) is 3.56. The van der Waals surface area contributed by atoms with Crippen molar-refractivity contribution in [3.63, 3.8) is 0 Å². The third kappa shape index (κ3) is 2.36.